The van der Waals surface area contributed by atoms with Crippen LogP contribution in [-0.2, 0) is 0 Å². The van der Waals surface area contributed by atoms with Crippen molar-refractivity contribution in [1.29, 1.82) is 0 Å². The summed E-state index contributed by atoms with van der Waals surface area (Å²) in [6.45, 7) is 0. The number of aliphatic imine (C=N–C) groups is 2. The Bertz CT molecular complexity index is 1050. The molecule has 0 bridgehead atoms. The molecule has 1 radical (unpaired) electrons. The van der Waals surface area contributed by atoms with Crippen molar-refractivity contribution in [3.8, 4) is 17.2 Å². The molecule has 1 aliphatic rings. The molecule has 6 heteroatoms. The summed E-state index contributed by atoms with van der Waals surface area (Å²) in [5.74, 6) is 0.440. The number of amidine groups is 1. The minimum Gasteiger partial charge on any atom is -0.508 e. The highest BCUT2D eigenvalue weighted by atomic mass is 16.3. The summed E-state index contributed by atoms with van der Waals surface area (Å²) in [5, 5.41) is 30.7. The van der Waals surface area contributed by atoms with Crippen LogP contribution in [0.2, 0.25) is 0 Å². The summed E-state index contributed by atoms with van der Waals surface area (Å²) in [6, 6.07) is 20.3. The molecule has 4 rings (SSSR count). The quantitative estimate of drug-likeness (QED) is 0.666. The lowest BCUT2D eigenvalue weighted by Gasteiger charge is -2.30. The van der Waals surface area contributed by atoms with Crippen LogP contribution in [-0.4, -0.2) is 27.5 Å². The molecule has 0 saturated heterocycles. The van der Waals surface area contributed by atoms with Gasteiger partial charge in [0.25, 0.3) is 0 Å². The topological polar surface area (TPSA) is 88.7 Å². The van der Waals surface area contributed by atoms with Crippen LogP contribution in [0.4, 0.5) is 5.69 Å². The lowest BCUT2D eigenvalue weighted by Crippen LogP contribution is -2.30. The Balaban J connectivity index is 1.86. The van der Waals surface area contributed by atoms with Crippen LogP contribution in [0.5, 0.6) is 17.2 Å². The van der Waals surface area contributed by atoms with Gasteiger partial charge in [-0.25, -0.2) is 9.98 Å². The summed E-state index contributed by atoms with van der Waals surface area (Å²) in [4.78, 5) is 10.4. The van der Waals surface area contributed by atoms with E-state index in [0.717, 1.165) is 0 Å². The fourth-order valence-electron chi connectivity index (χ4n) is 2.92. The fourth-order valence-corrected chi connectivity index (χ4v) is 2.92. The third-order valence-corrected chi connectivity index (χ3v) is 4.25. The number of phenolic OH excluding ortho intramolecular Hbond substituents is 3. The lowest BCUT2D eigenvalue weighted by atomic mass is 10.1. The number of rotatable bonds is 3. The Kier molecular flexibility index (Phi) is 4.22. The maximum Gasteiger partial charge on any atom is 0.181 e. The zero-order chi connectivity index (χ0) is 18.8. The molecule has 133 valence electrons. The van der Waals surface area contributed by atoms with Gasteiger partial charge in [0.05, 0.1) is 11.3 Å². The molecule has 3 N–H and O–H groups in total. The van der Waals surface area contributed by atoms with E-state index in [1.54, 1.807) is 77.7 Å². The molecule has 0 spiro atoms. The third kappa shape index (κ3) is 3.08. The fraction of sp³-hybridized carbons (Fsp3) is 0.0476. The molecule has 1 atom stereocenters. The van der Waals surface area contributed by atoms with Crippen LogP contribution < -0.4 is 4.90 Å². The molecular weight excluding hydrogens is 342 g/mol. The lowest BCUT2D eigenvalue weighted by molar-refractivity contribution is 0.459. The van der Waals surface area contributed by atoms with Crippen LogP contribution >= 0.6 is 0 Å². The molecule has 1 aliphatic heterocycles. The highest BCUT2D eigenvalue weighted by Gasteiger charge is 2.28. The second-order valence-electron chi connectivity index (χ2n) is 5.97. The Hall–Kier alpha value is -3.80. The Morgan fingerprint density at radius 2 is 1.37 bits per heavy atom. The smallest absolute Gasteiger partial charge is 0.181 e. The van der Waals surface area contributed by atoms with Gasteiger partial charge in [0.1, 0.15) is 17.2 Å². The van der Waals surface area contributed by atoms with Gasteiger partial charge in [0.2, 0.25) is 0 Å². The van der Waals surface area contributed by atoms with Crippen molar-refractivity contribution in [2.24, 2.45) is 9.98 Å². The van der Waals surface area contributed by atoms with Crippen molar-refractivity contribution in [3.05, 3.63) is 83.9 Å². The molecule has 3 aromatic rings. The first kappa shape index (κ1) is 16.7. The number of benzene rings is 3. The van der Waals surface area contributed by atoms with Gasteiger partial charge in [-0.15, -0.1) is 0 Å². The van der Waals surface area contributed by atoms with Crippen molar-refractivity contribution in [1.82, 2.24) is 0 Å². The van der Waals surface area contributed by atoms with Crippen molar-refractivity contribution in [3.63, 3.8) is 0 Å². The summed E-state index contributed by atoms with van der Waals surface area (Å²) in [7, 11) is 0. The van der Waals surface area contributed by atoms with Gasteiger partial charge in [-0.2, -0.15) is 0 Å². The molecule has 0 aliphatic carbocycles. The van der Waals surface area contributed by atoms with E-state index in [-0.39, 0.29) is 23.1 Å². The van der Waals surface area contributed by atoms with Gasteiger partial charge in [-0.05, 0) is 30.3 Å². The molecule has 0 saturated carbocycles. The van der Waals surface area contributed by atoms with E-state index >= 15 is 0 Å². The zero-order valence-electron chi connectivity index (χ0n) is 14.2. The van der Waals surface area contributed by atoms with Crippen molar-refractivity contribution in [2.75, 3.05) is 4.90 Å². The van der Waals surface area contributed by atoms with E-state index < -0.39 is 6.17 Å². The summed E-state index contributed by atoms with van der Waals surface area (Å²) in [5.41, 5.74) is 1.44. The van der Waals surface area contributed by atoms with Crippen LogP contribution in [0.1, 0.15) is 17.3 Å². The second-order valence-corrected chi connectivity index (χ2v) is 5.97. The first-order valence-corrected chi connectivity index (χ1v) is 8.33. The summed E-state index contributed by atoms with van der Waals surface area (Å²) >= 11 is 0. The number of para-hydroxylation sites is 4. The first-order valence-electron chi connectivity index (χ1n) is 8.33. The Labute approximate surface area is 156 Å². The van der Waals surface area contributed by atoms with Gasteiger partial charge in [-0.3, -0.25) is 4.90 Å². The van der Waals surface area contributed by atoms with Gasteiger partial charge in [0.15, 0.2) is 18.3 Å². The van der Waals surface area contributed by atoms with Crippen molar-refractivity contribution < 1.29 is 15.3 Å². The van der Waals surface area contributed by atoms with Crippen LogP contribution in [0.25, 0.3) is 0 Å². The molecule has 0 fully saturated rings. The van der Waals surface area contributed by atoms with E-state index in [4.69, 9.17) is 0 Å². The van der Waals surface area contributed by atoms with E-state index in [9.17, 15) is 15.3 Å². The van der Waals surface area contributed by atoms with E-state index in [0.29, 0.717) is 16.8 Å². The third-order valence-electron chi connectivity index (χ3n) is 4.25. The average molecular weight is 358 g/mol. The second kappa shape index (κ2) is 6.84. The molecular formula is C21H16N3O3. The monoisotopic (exact) mass is 358 g/mol. The SMILES string of the molecule is Oc1ccccc1C1=NC(c2ccccc2O)N(c2ccccc2O)[C]=N1. The predicted octanol–water partition coefficient (Wildman–Crippen LogP) is 3.67. The normalized spacial score (nSPS) is 16.2. The number of anilines is 1. The van der Waals surface area contributed by atoms with Gasteiger partial charge in [0, 0.05) is 5.56 Å². The average Bonchev–Trinajstić information content (AvgIpc) is 2.69. The maximum atomic E-state index is 10.3. The predicted molar refractivity (Wildman–Crippen MR) is 104 cm³/mol. The van der Waals surface area contributed by atoms with Crippen LogP contribution in [0.3, 0.4) is 0 Å². The minimum absolute atomic E-state index is 0.0434. The summed E-state index contributed by atoms with van der Waals surface area (Å²) in [6.07, 6.45) is 2.16. The Morgan fingerprint density at radius 3 is 2.07 bits per heavy atom. The Morgan fingerprint density at radius 1 is 0.741 bits per heavy atom. The highest BCUT2D eigenvalue weighted by molar-refractivity contribution is 6.08. The van der Waals surface area contributed by atoms with Gasteiger partial charge in [-0.1, -0.05) is 42.5 Å². The van der Waals surface area contributed by atoms with Crippen LogP contribution in [0.15, 0.2) is 82.8 Å². The van der Waals surface area contributed by atoms with Crippen molar-refractivity contribution in [2.45, 2.75) is 6.17 Å². The van der Waals surface area contributed by atoms with E-state index in [1.807, 2.05) is 0 Å². The number of phenols is 3. The number of aromatic hydroxyl groups is 3. The molecule has 1 heterocycles. The highest BCUT2D eigenvalue weighted by Crippen LogP contribution is 2.38. The molecule has 3 aromatic carbocycles. The molecule has 6 nitrogen and oxygen atoms in total. The van der Waals surface area contributed by atoms with Crippen molar-refractivity contribution >= 4 is 17.9 Å². The van der Waals surface area contributed by atoms with Gasteiger partial charge < -0.3 is 15.3 Å². The number of hydrogen-bond acceptors (Lipinski definition) is 6. The zero-order valence-corrected chi connectivity index (χ0v) is 14.2. The summed E-state index contributed by atoms with van der Waals surface area (Å²) < 4.78 is 0. The molecule has 0 aromatic heterocycles. The molecule has 0 amide bonds. The number of nitrogens with zero attached hydrogens (tertiary/aromatic N) is 3. The standard InChI is InChI=1S/C21H16N3O3/c25-17-10-4-1-7-14(17)20-22-13-24(16-9-3-6-12-19(16)27)21(23-20)15-8-2-5-11-18(15)26/h1-12,21,25-27H. The molecule has 1 unspecified atom stereocenters. The van der Waals surface area contributed by atoms with E-state index in [1.165, 1.54) is 0 Å². The first-order chi connectivity index (χ1) is 13.1. The van der Waals surface area contributed by atoms with E-state index in [2.05, 4.69) is 16.3 Å². The number of hydrogen-bond donors (Lipinski definition) is 3. The maximum absolute atomic E-state index is 10.3. The van der Waals surface area contributed by atoms with Crippen LogP contribution in [0, 0.1) is 0 Å². The molecule has 27 heavy (non-hydrogen) atoms. The van der Waals surface area contributed by atoms with Gasteiger partial charge >= 0.3 is 0 Å². The minimum atomic E-state index is -0.716. The largest absolute Gasteiger partial charge is 0.508 e.